The molecule has 6 heteroatoms. The summed E-state index contributed by atoms with van der Waals surface area (Å²) < 4.78 is 5.64. The third kappa shape index (κ3) is 6.18. The van der Waals surface area contributed by atoms with E-state index >= 15 is 0 Å². The zero-order valence-electron chi connectivity index (χ0n) is 13.8. The highest BCUT2D eigenvalue weighted by molar-refractivity contribution is 9.10. The Kier molecular flexibility index (Phi) is 7.47. The molecule has 0 heterocycles. The van der Waals surface area contributed by atoms with E-state index in [0.29, 0.717) is 24.3 Å². The van der Waals surface area contributed by atoms with Gasteiger partial charge in [-0.2, -0.15) is 0 Å². The molecule has 2 rings (SSSR count). The molecule has 0 radical (unpaired) electrons. The van der Waals surface area contributed by atoms with Crippen molar-refractivity contribution in [1.82, 2.24) is 5.32 Å². The van der Waals surface area contributed by atoms with Gasteiger partial charge in [0.1, 0.15) is 6.04 Å². The van der Waals surface area contributed by atoms with Crippen LogP contribution in [-0.4, -0.2) is 25.0 Å². The molecule has 0 saturated heterocycles. The van der Waals surface area contributed by atoms with Crippen molar-refractivity contribution in [2.75, 3.05) is 7.11 Å². The number of ether oxygens (including phenoxy) is 1. The van der Waals surface area contributed by atoms with Crippen molar-refractivity contribution in [3.05, 3.63) is 69.2 Å². The first-order valence-electron chi connectivity index (χ1n) is 7.84. The van der Waals surface area contributed by atoms with E-state index in [-0.39, 0.29) is 5.91 Å². The van der Waals surface area contributed by atoms with Crippen LogP contribution in [0.25, 0.3) is 0 Å². The molecule has 0 fully saturated rings. The first kappa shape index (κ1) is 19.5. The van der Waals surface area contributed by atoms with E-state index in [0.717, 1.165) is 15.6 Å². The number of carbonyl (C=O) groups is 2. The average molecular weight is 425 g/mol. The molecule has 0 saturated carbocycles. The number of benzene rings is 2. The second kappa shape index (κ2) is 9.59. The molecule has 0 unspecified atom stereocenters. The Hall–Kier alpha value is -1.85. The van der Waals surface area contributed by atoms with Crippen LogP contribution in [0.1, 0.15) is 17.5 Å². The van der Waals surface area contributed by atoms with Crippen LogP contribution in [0.4, 0.5) is 0 Å². The Balaban J connectivity index is 2.01. The summed E-state index contributed by atoms with van der Waals surface area (Å²) in [7, 11) is 1.30. The van der Waals surface area contributed by atoms with Gasteiger partial charge in [0.15, 0.2) is 0 Å². The molecule has 4 nitrogen and oxygen atoms in total. The molecule has 0 aliphatic rings. The zero-order valence-corrected chi connectivity index (χ0v) is 16.1. The molecule has 0 aromatic heterocycles. The van der Waals surface area contributed by atoms with Gasteiger partial charge in [0.2, 0.25) is 5.91 Å². The molecule has 0 spiro atoms. The van der Waals surface area contributed by atoms with Crippen molar-refractivity contribution in [2.24, 2.45) is 0 Å². The van der Waals surface area contributed by atoms with Crippen LogP contribution < -0.4 is 5.32 Å². The van der Waals surface area contributed by atoms with Crippen LogP contribution in [0.5, 0.6) is 0 Å². The van der Waals surface area contributed by atoms with Crippen LogP contribution in [0.3, 0.4) is 0 Å². The molecule has 0 aliphatic heterocycles. The quantitative estimate of drug-likeness (QED) is 0.685. The van der Waals surface area contributed by atoms with Crippen molar-refractivity contribution >= 4 is 39.4 Å². The number of hydrogen-bond acceptors (Lipinski definition) is 3. The normalized spacial score (nSPS) is 11.6. The number of carbonyl (C=O) groups excluding carboxylic acids is 2. The molecule has 132 valence electrons. The van der Waals surface area contributed by atoms with Gasteiger partial charge >= 0.3 is 5.97 Å². The summed E-state index contributed by atoms with van der Waals surface area (Å²) in [6.45, 7) is 0. The van der Waals surface area contributed by atoms with Crippen LogP contribution in [-0.2, 0) is 27.2 Å². The average Bonchev–Trinajstić information content (AvgIpc) is 2.62. The van der Waals surface area contributed by atoms with E-state index in [1.54, 1.807) is 12.1 Å². The van der Waals surface area contributed by atoms with E-state index in [1.165, 1.54) is 7.11 Å². The van der Waals surface area contributed by atoms with E-state index in [4.69, 9.17) is 16.3 Å². The first-order chi connectivity index (χ1) is 12.0. The fraction of sp³-hybridized carbons (Fsp3) is 0.263. The maximum absolute atomic E-state index is 12.2. The second-order valence-corrected chi connectivity index (χ2v) is 6.86. The highest BCUT2D eigenvalue weighted by Crippen LogP contribution is 2.22. The van der Waals surface area contributed by atoms with Gasteiger partial charge in [-0.15, -0.1) is 0 Å². The number of esters is 1. The van der Waals surface area contributed by atoms with Gasteiger partial charge in [-0.25, -0.2) is 4.79 Å². The second-order valence-electron chi connectivity index (χ2n) is 5.57. The third-order valence-corrected chi connectivity index (χ3v) is 4.74. The summed E-state index contributed by atoms with van der Waals surface area (Å²) in [6.07, 6.45) is 1.21. The lowest BCUT2D eigenvalue weighted by molar-refractivity contribution is -0.145. The lowest BCUT2D eigenvalue weighted by atomic mass is 10.0. The molecular formula is C19H19BrClNO3. The van der Waals surface area contributed by atoms with E-state index in [2.05, 4.69) is 21.2 Å². The topological polar surface area (TPSA) is 55.4 Å². The number of halogens is 2. The minimum absolute atomic E-state index is 0.197. The smallest absolute Gasteiger partial charge is 0.328 e. The molecule has 1 amide bonds. The van der Waals surface area contributed by atoms with Crippen molar-refractivity contribution in [2.45, 2.75) is 25.3 Å². The molecule has 0 aliphatic carbocycles. The summed E-state index contributed by atoms with van der Waals surface area (Å²) >= 11 is 9.45. The molecule has 0 bridgehead atoms. The van der Waals surface area contributed by atoms with Gasteiger partial charge in [0.25, 0.3) is 0 Å². The molecule has 2 aromatic rings. The Morgan fingerprint density at radius 2 is 1.92 bits per heavy atom. The van der Waals surface area contributed by atoms with Gasteiger partial charge in [-0.1, -0.05) is 57.9 Å². The predicted octanol–water partition coefficient (Wildman–Crippen LogP) is 3.94. The van der Waals surface area contributed by atoms with Gasteiger partial charge in [-0.05, 0) is 35.7 Å². The monoisotopic (exact) mass is 423 g/mol. The lowest BCUT2D eigenvalue weighted by Gasteiger charge is -2.17. The van der Waals surface area contributed by atoms with E-state index < -0.39 is 12.0 Å². The standard InChI is InChI=1S/C19H19BrClNO3/c1-25-19(24)17(12-14-11-15(21)8-9-16(14)20)22-18(23)10-7-13-5-3-2-4-6-13/h2-6,8-9,11,17H,7,10,12H2,1H3,(H,22,23)/t17-/m1/s1. The van der Waals surface area contributed by atoms with Crippen molar-refractivity contribution in [3.63, 3.8) is 0 Å². The molecule has 25 heavy (non-hydrogen) atoms. The fourth-order valence-electron chi connectivity index (χ4n) is 2.42. The SMILES string of the molecule is COC(=O)[C@@H](Cc1cc(Cl)ccc1Br)NC(=O)CCc1ccccc1. The van der Waals surface area contributed by atoms with Gasteiger partial charge in [-0.3, -0.25) is 4.79 Å². The Morgan fingerprint density at radius 1 is 1.20 bits per heavy atom. The maximum Gasteiger partial charge on any atom is 0.328 e. The number of aryl methyl sites for hydroxylation is 1. The minimum Gasteiger partial charge on any atom is -0.467 e. The zero-order chi connectivity index (χ0) is 18.2. The van der Waals surface area contributed by atoms with Crippen LogP contribution in [0.2, 0.25) is 5.02 Å². The predicted molar refractivity (Wildman–Crippen MR) is 102 cm³/mol. The summed E-state index contributed by atoms with van der Waals surface area (Å²) in [5.41, 5.74) is 1.90. The van der Waals surface area contributed by atoms with E-state index in [9.17, 15) is 9.59 Å². The Labute approximate surface area is 160 Å². The molecule has 1 atom stereocenters. The number of methoxy groups -OCH3 is 1. The van der Waals surface area contributed by atoms with Crippen LogP contribution >= 0.6 is 27.5 Å². The lowest BCUT2D eigenvalue weighted by Crippen LogP contribution is -2.43. The molecule has 1 N–H and O–H groups in total. The Morgan fingerprint density at radius 3 is 2.60 bits per heavy atom. The summed E-state index contributed by atoms with van der Waals surface area (Å²) in [5, 5.41) is 3.32. The van der Waals surface area contributed by atoms with E-state index in [1.807, 2.05) is 36.4 Å². The third-order valence-electron chi connectivity index (χ3n) is 3.74. The highest BCUT2D eigenvalue weighted by Gasteiger charge is 2.23. The molecule has 2 aromatic carbocycles. The number of hydrogen-bond donors (Lipinski definition) is 1. The minimum atomic E-state index is -0.761. The first-order valence-corrected chi connectivity index (χ1v) is 9.01. The van der Waals surface area contributed by atoms with Crippen molar-refractivity contribution in [3.8, 4) is 0 Å². The summed E-state index contributed by atoms with van der Waals surface area (Å²) in [5.74, 6) is -0.683. The van der Waals surface area contributed by atoms with Crippen molar-refractivity contribution in [1.29, 1.82) is 0 Å². The Bertz CT molecular complexity index is 737. The maximum atomic E-state index is 12.2. The largest absolute Gasteiger partial charge is 0.467 e. The van der Waals surface area contributed by atoms with Gasteiger partial charge < -0.3 is 10.1 Å². The summed E-state index contributed by atoms with van der Waals surface area (Å²) in [4.78, 5) is 24.3. The fourth-order valence-corrected chi connectivity index (χ4v) is 3.03. The number of rotatable bonds is 7. The van der Waals surface area contributed by atoms with Gasteiger partial charge in [0, 0.05) is 22.3 Å². The van der Waals surface area contributed by atoms with Gasteiger partial charge in [0.05, 0.1) is 7.11 Å². The summed E-state index contributed by atoms with van der Waals surface area (Å²) in [6, 6.07) is 14.3. The molecular weight excluding hydrogens is 406 g/mol. The number of nitrogens with one attached hydrogen (secondary N) is 1. The van der Waals surface area contributed by atoms with Crippen LogP contribution in [0.15, 0.2) is 53.0 Å². The highest BCUT2D eigenvalue weighted by atomic mass is 79.9. The van der Waals surface area contributed by atoms with Crippen LogP contribution in [0, 0.1) is 0 Å². The van der Waals surface area contributed by atoms with Crippen molar-refractivity contribution < 1.29 is 14.3 Å². The number of amides is 1.